The van der Waals surface area contributed by atoms with E-state index in [9.17, 15) is 9.59 Å². The summed E-state index contributed by atoms with van der Waals surface area (Å²) in [5, 5.41) is 4.67. The Morgan fingerprint density at radius 2 is 1.88 bits per heavy atom. The molecule has 1 aliphatic rings. The van der Waals surface area contributed by atoms with E-state index in [1.165, 1.54) is 7.05 Å². The molecule has 0 radical (unpaired) electrons. The van der Waals surface area contributed by atoms with Crippen LogP contribution in [0, 0.1) is 0 Å². The van der Waals surface area contributed by atoms with Crippen LogP contribution >= 0.6 is 0 Å². The molecular weight excluding hydrogens is 308 g/mol. The second-order valence-electron chi connectivity index (χ2n) is 5.59. The largest absolute Gasteiger partial charge is 0.439 e. The smallest absolute Gasteiger partial charge is 0.410 e. The van der Waals surface area contributed by atoms with Gasteiger partial charge in [0, 0.05) is 44.8 Å². The third-order valence-electron chi connectivity index (χ3n) is 4.08. The number of hydrogen-bond donors (Lipinski definition) is 1. The van der Waals surface area contributed by atoms with Gasteiger partial charge in [-0.2, -0.15) is 0 Å². The molecule has 126 valence electrons. The van der Waals surface area contributed by atoms with Crippen molar-refractivity contribution >= 4 is 28.6 Å². The van der Waals surface area contributed by atoms with E-state index in [1.807, 2.05) is 24.4 Å². The highest BCUT2D eigenvalue weighted by molar-refractivity contribution is 5.84. The van der Waals surface area contributed by atoms with Crippen molar-refractivity contribution in [3.8, 4) is 0 Å². The number of aromatic nitrogens is 1. The third kappa shape index (κ3) is 3.56. The zero-order valence-electron chi connectivity index (χ0n) is 13.6. The Morgan fingerprint density at radius 3 is 2.58 bits per heavy atom. The maximum Gasteiger partial charge on any atom is 0.410 e. The first-order valence-electron chi connectivity index (χ1n) is 7.89. The van der Waals surface area contributed by atoms with Crippen LogP contribution in [0.3, 0.4) is 0 Å². The monoisotopic (exact) mass is 328 g/mol. The number of piperazine rings is 1. The summed E-state index contributed by atoms with van der Waals surface area (Å²) in [4.78, 5) is 31.3. The van der Waals surface area contributed by atoms with Gasteiger partial charge in [0.25, 0.3) is 5.91 Å². The molecule has 1 aromatic carbocycles. The van der Waals surface area contributed by atoms with Crippen molar-refractivity contribution in [3.63, 3.8) is 0 Å². The van der Waals surface area contributed by atoms with Crippen molar-refractivity contribution in [3.05, 3.63) is 36.5 Å². The van der Waals surface area contributed by atoms with E-state index in [4.69, 9.17) is 4.74 Å². The number of rotatable bonds is 3. The summed E-state index contributed by atoms with van der Waals surface area (Å²) in [5.41, 5.74) is 0. The van der Waals surface area contributed by atoms with Gasteiger partial charge in [-0.1, -0.05) is 24.3 Å². The molecule has 7 heteroatoms. The zero-order chi connectivity index (χ0) is 16.9. The second-order valence-corrected chi connectivity index (χ2v) is 5.59. The number of anilines is 1. The molecule has 1 N–H and O–H groups in total. The van der Waals surface area contributed by atoms with E-state index in [1.54, 1.807) is 4.90 Å². The lowest BCUT2D eigenvalue weighted by Gasteiger charge is -2.34. The fraction of sp³-hybridized carbons (Fsp3) is 0.353. The van der Waals surface area contributed by atoms with Crippen LogP contribution < -0.4 is 10.2 Å². The average Bonchev–Trinajstić information content (AvgIpc) is 2.65. The van der Waals surface area contributed by atoms with Crippen molar-refractivity contribution in [2.45, 2.75) is 0 Å². The Morgan fingerprint density at radius 1 is 1.17 bits per heavy atom. The van der Waals surface area contributed by atoms with Crippen LogP contribution in [0.4, 0.5) is 10.6 Å². The molecule has 7 nitrogen and oxygen atoms in total. The number of ether oxygens (including phenoxy) is 1. The summed E-state index contributed by atoms with van der Waals surface area (Å²) in [7, 11) is 1.51. The Balaban J connectivity index is 1.57. The molecule has 1 aromatic heterocycles. The van der Waals surface area contributed by atoms with Gasteiger partial charge in [-0.3, -0.25) is 4.79 Å². The molecule has 1 aliphatic heterocycles. The van der Waals surface area contributed by atoms with E-state index in [0.717, 1.165) is 16.6 Å². The Bertz CT molecular complexity index is 741. The minimum atomic E-state index is -0.454. The lowest BCUT2D eigenvalue weighted by Crippen LogP contribution is -2.49. The van der Waals surface area contributed by atoms with Crippen LogP contribution in [-0.2, 0) is 9.53 Å². The number of nitrogens with zero attached hydrogens (tertiary/aromatic N) is 3. The molecule has 2 heterocycles. The Kier molecular flexibility index (Phi) is 4.79. The number of carbonyl (C=O) groups is 2. The molecule has 24 heavy (non-hydrogen) atoms. The molecule has 2 aromatic rings. The SMILES string of the molecule is CNC(=O)COC(=O)N1CCN(c2cc3ccccc3cn2)CC1. The molecule has 1 fully saturated rings. The highest BCUT2D eigenvalue weighted by Gasteiger charge is 2.23. The van der Waals surface area contributed by atoms with Crippen LogP contribution in [0.1, 0.15) is 0 Å². The predicted octanol–water partition coefficient (Wildman–Crippen LogP) is 1.24. The van der Waals surface area contributed by atoms with Crippen LogP contribution in [0.25, 0.3) is 10.8 Å². The summed E-state index contributed by atoms with van der Waals surface area (Å²) in [5.74, 6) is 0.592. The van der Waals surface area contributed by atoms with Gasteiger partial charge in [0.1, 0.15) is 5.82 Å². The summed E-state index contributed by atoms with van der Waals surface area (Å²) in [6, 6.07) is 10.2. The van der Waals surface area contributed by atoms with E-state index in [-0.39, 0.29) is 12.5 Å². The standard InChI is InChI=1S/C17H20N4O3/c1-18-16(22)12-24-17(23)21-8-6-20(7-9-21)15-10-13-4-2-3-5-14(13)11-19-15/h2-5,10-11H,6-9,12H2,1H3,(H,18,22). The highest BCUT2D eigenvalue weighted by Crippen LogP contribution is 2.20. The third-order valence-corrected chi connectivity index (χ3v) is 4.08. The first-order chi connectivity index (χ1) is 11.7. The van der Waals surface area contributed by atoms with E-state index < -0.39 is 6.09 Å². The topological polar surface area (TPSA) is 74.8 Å². The first kappa shape index (κ1) is 16.0. The lowest BCUT2D eigenvalue weighted by atomic mass is 10.2. The van der Waals surface area contributed by atoms with Crippen molar-refractivity contribution in [2.75, 3.05) is 44.7 Å². The normalized spacial score (nSPS) is 14.5. The van der Waals surface area contributed by atoms with Crippen LogP contribution in [0.2, 0.25) is 0 Å². The number of likely N-dealkylation sites (N-methyl/N-ethyl adjacent to an activating group) is 1. The number of hydrogen-bond acceptors (Lipinski definition) is 5. The number of pyridine rings is 1. The van der Waals surface area contributed by atoms with Gasteiger partial charge in [0.15, 0.2) is 6.61 Å². The van der Waals surface area contributed by atoms with E-state index in [0.29, 0.717) is 26.2 Å². The van der Waals surface area contributed by atoms with Gasteiger partial charge in [-0.15, -0.1) is 0 Å². The van der Waals surface area contributed by atoms with Crippen LogP contribution in [-0.4, -0.2) is 61.7 Å². The van der Waals surface area contributed by atoms with E-state index in [2.05, 4.69) is 27.3 Å². The quantitative estimate of drug-likeness (QED) is 0.917. The molecule has 0 spiro atoms. The Labute approximate surface area is 140 Å². The molecule has 0 saturated carbocycles. The van der Waals surface area contributed by atoms with Gasteiger partial charge in [-0.05, 0) is 11.5 Å². The number of amides is 2. The van der Waals surface area contributed by atoms with Gasteiger partial charge < -0.3 is 19.9 Å². The molecule has 0 unspecified atom stereocenters. The molecule has 0 aliphatic carbocycles. The molecular formula is C17H20N4O3. The molecule has 3 rings (SSSR count). The molecule has 2 amide bonds. The minimum absolute atomic E-state index is 0.248. The molecule has 1 saturated heterocycles. The average molecular weight is 328 g/mol. The van der Waals surface area contributed by atoms with Crippen molar-refractivity contribution in [2.24, 2.45) is 0 Å². The van der Waals surface area contributed by atoms with E-state index >= 15 is 0 Å². The summed E-state index contributed by atoms with van der Waals surface area (Å²) < 4.78 is 4.97. The predicted molar refractivity (Wildman–Crippen MR) is 90.9 cm³/mol. The van der Waals surface area contributed by atoms with Gasteiger partial charge in [-0.25, -0.2) is 9.78 Å². The minimum Gasteiger partial charge on any atom is -0.439 e. The van der Waals surface area contributed by atoms with Crippen molar-refractivity contribution in [1.29, 1.82) is 0 Å². The fourth-order valence-electron chi connectivity index (χ4n) is 2.65. The van der Waals surface area contributed by atoms with Crippen molar-refractivity contribution in [1.82, 2.24) is 15.2 Å². The first-order valence-corrected chi connectivity index (χ1v) is 7.89. The highest BCUT2D eigenvalue weighted by atomic mass is 16.6. The fourth-order valence-corrected chi connectivity index (χ4v) is 2.65. The summed E-state index contributed by atoms with van der Waals surface area (Å²) in [6.07, 6.45) is 1.42. The molecule has 0 bridgehead atoms. The zero-order valence-corrected chi connectivity index (χ0v) is 13.6. The van der Waals surface area contributed by atoms with Crippen molar-refractivity contribution < 1.29 is 14.3 Å². The van der Waals surface area contributed by atoms with Gasteiger partial charge >= 0.3 is 6.09 Å². The van der Waals surface area contributed by atoms with Gasteiger partial charge in [0.2, 0.25) is 0 Å². The van der Waals surface area contributed by atoms with Crippen LogP contribution in [0.15, 0.2) is 36.5 Å². The summed E-state index contributed by atoms with van der Waals surface area (Å²) >= 11 is 0. The van der Waals surface area contributed by atoms with Gasteiger partial charge in [0.05, 0.1) is 0 Å². The molecule has 0 atom stereocenters. The number of fused-ring (bicyclic) bond motifs is 1. The van der Waals surface area contributed by atoms with Crippen LogP contribution in [0.5, 0.6) is 0 Å². The number of benzene rings is 1. The Hall–Kier alpha value is -2.83. The lowest BCUT2D eigenvalue weighted by molar-refractivity contribution is -0.123. The summed E-state index contributed by atoms with van der Waals surface area (Å²) in [6.45, 7) is 2.20. The maximum absolute atomic E-state index is 11.9. The maximum atomic E-state index is 11.9. The number of nitrogens with one attached hydrogen (secondary N) is 1. The second kappa shape index (κ2) is 7.16. The number of carbonyl (C=O) groups excluding carboxylic acids is 2.